The van der Waals surface area contributed by atoms with Crippen LogP contribution in [0.1, 0.15) is 16.9 Å². The molecule has 0 bridgehead atoms. The number of anilines is 1. The van der Waals surface area contributed by atoms with Gasteiger partial charge in [0.2, 0.25) is 0 Å². The van der Waals surface area contributed by atoms with Gasteiger partial charge in [-0.15, -0.1) is 36.2 Å². The number of fused-ring (bicyclic) bond motifs is 2. The zero-order valence-electron chi connectivity index (χ0n) is 17.1. The first-order valence-electron chi connectivity index (χ1n) is 9.35. The van der Waals surface area contributed by atoms with Crippen LogP contribution in [-0.4, -0.2) is 61.2 Å². The Hall–Kier alpha value is -1.45. The summed E-state index contributed by atoms with van der Waals surface area (Å²) in [4.78, 5) is 10.1. The average Bonchev–Trinajstić information content (AvgIpc) is 2.97. The summed E-state index contributed by atoms with van der Waals surface area (Å²) in [6.07, 6.45) is 3.42. The largest absolute Gasteiger partial charge is 0.385 e. The van der Waals surface area contributed by atoms with Crippen molar-refractivity contribution < 1.29 is 13.5 Å². The quantitative estimate of drug-likeness (QED) is 0.730. The van der Waals surface area contributed by atoms with Crippen molar-refractivity contribution in [3.63, 3.8) is 0 Å². The van der Waals surface area contributed by atoms with Crippen LogP contribution < -0.4 is 15.9 Å². The number of pyridine rings is 1. The molecule has 5 nitrogen and oxygen atoms in total. The number of aryl methyl sites for hydroxylation is 1. The highest BCUT2D eigenvalue weighted by molar-refractivity contribution is 7.16. The van der Waals surface area contributed by atoms with Gasteiger partial charge < -0.3 is 15.0 Å². The van der Waals surface area contributed by atoms with Crippen molar-refractivity contribution in [3.8, 4) is 0 Å². The number of ether oxygens (including phenoxy) is 1. The molecule has 1 atom stereocenters. The molecule has 2 aromatic rings. The maximum absolute atomic E-state index is 14.6. The lowest BCUT2D eigenvalue weighted by atomic mass is 10.1. The molecule has 2 aliphatic rings. The van der Waals surface area contributed by atoms with E-state index < -0.39 is 11.6 Å². The first-order valence-corrected chi connectivity index (χ1v) is 10.2. The van der Waals surface area contributed by atoms with E-state index in [2.05, 4.69) is 33.2 Å². The number of nitrogens with one attached hydrogen (secondary N) is 1. The molecule has 0 amide bonds. The minimum atomic E-state index is -0.936. The van der Waals surface area contributed by atoms with Gasteiger partial charge in [0.05, 0.1) is 22.5 Å². The molecule has 0 spiro atoms. The third-order valence-electron chi connectivity index (χ3n) is 5.44. The van der Waals surface area contributed by atoms with Gasteiger partial charge in [-0.2, -0.15) is 0 Å². The van der Waals surface area contributed by atoms with Crippen LogP contribution in [0.3, 0.4) is 0 Å². The number of likely N-dealkylation sites (N-methyl/N-ethyl adjacent to an activating group) is 1. The van der Waals surface area contributed by atoms with Crippen LogP contribution in [0, 0.1) is 18.6 Å². The molecule has 1 N–H and O–H groups in total. The first-order chi connectivity index (χ1) is 13.5. The number of nitrogens with zero attached hydrogens (tertiary/aromatic N) is 3. The minimum Gasteiger partial charge on any atom is -0.385 e. The molecule has 0 aliphatic carbocycles. The van der Waals surface area contributed by atoms with Crippen LogP contribution in [0.5, 0.6) is 0 Å². The summed E-state index contributed by atoms with van der Waals surface area (Å²) in [5, 5.41) is 4.74. The molecule has 0 aromatic carbocycles. The van der Waals surface area contributed by atoms with Gasteiger partial charge in [-0.25, -0.2) is 8.78 Å². The molecule has 2 aromatic heterocycles. The topological polar surface area (TPSA) is 40.6 Å². The first kappa shape index (κ1) is 24.8. The fourth-order valence-electron chi connectivity index (χ4n) is 3.90. The molecule has 1 unspecified atom stereocenters. The van der Waals surface area contributed by atoms with Gasteiger partial charge in [0.15, 0.2) is 11.6 Å². The SMILES string of the molecule is COCCC1CN(C2=c3ncc(F)c(F)c3=CNc3sc(C)cc32)CCN1C.Cl.Cl. The van der Waals surface area contributed by atoms with Crippen LogP contribution in [0.15, 0.2) is 12.3 Å². The van der Waals surface area contributed by atoms with E-state index in [1.165, 1.54) is 6.20 Å². The van der Waals surface area contributed by atoms with Crippen molar-refractivity contribution in [1.82, 2.24) is 14.8 Å². The second-order valence-corrected chi connectivity index (χ2v) is 8.54. The Balaban J connectivity index is 0.00000160. The van der Waals surface area contributed by atoms with Crippen molar-refractivity contribution in [1.29, 1.82) is 0 Å². The number of rotatable bonds is 4. The molecule has 4 heterocycles. The van der Waals surface area contributed by atoms with E-state index in [4.69, 9.17) is 4.74 Å². The summed E-state index contributed by atoms with van der Waals surface area (Å²) in [6.45, 7) is 5.19. The lowest BCUT2D eigenvalue weighted by Gasteiger charge is -2.41. The molecular formula is C20H26Cl2F2N4OS. The Labute approximate surface area is 191 Å². The third kappa shape index (κ3) is 4.57. The van der Waals surface area contributed by atoms with Gasteiger partial charge in [-0.3, -0.25) is 9.88 Å². The van der Waals surface area contributed by atoms with Gasteiger partial charge in [-0.05, 0) is 26.5 Å². The molecule has 0 radical (unpaired) electrons. The second kappa shape index (κ2) is 10.2. The zero-order chi connectivity index (χ0) is 19.8. The summed E-state index contributed by atoms with van der Waals surface area (Å²) >= 11 is 1.60. The molecule has 10 heteroatoms. The summed E-state index contributed by atoms with van der Waals surface area (Å²) in [7, 11) is 3.83. The number of hydrogen-bond donors (Lipinski definition) is 1. The Kier molecular flexibility index (Phi) is 8.47. The molecular weight excluding hydrogens is 453 g/mol. The maximum atomic E-state index is 14.6. The molecule has 1 saturated heterocycles. The van der Waals surface area contributed by atoms with E-state index in [0.29, 0.717) is 18.0 Å². The van der Waals surface area contributed by atoms with Crippen LogP contribution >= 0.6 is 36.2 Å². The van der Waals surface area contributed by atoms with Gasteiger partial charge in [-0.1, -0.05) is 0 Å². The Morgan fingerprint density at radius 2 is 2.07 bits per heavy atom. The lowest BCUT2D eigenvalue weighted by Crippen LogP contribution is -2.52. The number of halogens is 4. The van der Waals surface area contributed by atoms with E-state index in [0.717, 1.165) is 53.4 Å². The van der Waals surface area contributed by atoms with Crippen LogP contribution in [0.2, 0.25) is 0 Å². The van der Waals surface area contributed by atoms with E-state index >= 15 is 0 Å². The summed E-state index contributed by atoms with van der Waals surface area (Å²) < 4.78 is 33.7. The molecule has 4 rings (SSSR count). The van der Waals surface area contributed by atoms with Gasteiger partial charge in [0, 0.05) is 56.0 Å². The predicted octanol–water partition coefficient (Wildman–Crippen LogP) is 2.55. The normalized spacial score (nSPS) is 18.2. The Bertz CT molecular complexity index is 1020. The highest BCUT2D eigenvalue weighted by Crippen LogP contribution is 2.35. The van der Waals surface area contributed by atoms with E-state index in [1.54, 1.807) is 18.4 Å². The second-order valence-electron chi connectivity index (χ2n) is 7.28. The van der Waals surface area contributed by atoms with Crippen molar-refractivity contribution in [2.24, 2.45) is 0 Å². The minimum absolute atomic E-state index is 0. The number of methoxy groups -OCH3 is 1. The third-order valence-corrected chi connectivity index (χ3v) is 6.42. The predicted molar refractivity (Wildman–Crippen MR) is 122 cm³/mol. The summed E-state index contributed by atoms with van der Waals surface area (Å²) in [5.41, 5.74) is 1.86. The molecule has 166 valence electrons. The van der Waals surface area contributed by atoms with Crippen molar-refractivity contribution >= 4 is 53.0 Å². The van der Waals surface area contributed by atoms with Crippen LogP contribution in [-0.2, 0) is 4.74 Å². The molecule has 30 heavy (non-hydrogen) atoms. The Morgan fingerprint density at radius 3 is 2.80 bits per heavy atom. The van der Waals surface area contributed by atoms with E-state index in [1.807, 2.05) is 6.92 Å². The van der Waals surface area contributed by atoms with E-state index in [9.17, 15) is 8.78 Å². The number of thiophene rings is 1. The standard InChI is InChI=1S/C20H24F2N4OS.2ClH/c1-12-8-14-19(26-6-5-25(2)13(11-26)4-7-27-3)18-15(9-24-20(14)28-12)17(22)16(21)10-23-18;;/h8-10,13,24H,4-7,11H2,1-3H3;2*1H. The van der Waals surface area contributed by atoms with Crippen LogP contribution in [0.25, 0.3) is 11.9 Å². The Morgan fingerprint density at radius 1 is 1.30 bits per heavy atom. The highest BCUT2D eigenvalue weighted by Gasteiger charge is 2.29. The summed E-state index contributed by atoms with van der Waals surface area (Å²) in [6, 6.07) is 2.41. The van der Waals surface area contributed by atoms with Gasteiger partial charge in [0.1, 0.15) is 5.00 Å². The average molecular weight is 479 g/mol. The van der Waals surface area contributed by atoms with E-state index in [-0.39, 0.29) is 30.0 Å². The number of piperazine rings is 1. The number of aromatic nitrogens is 1. The van der Waals surface area contributed by atoms with Crippen molar-refractivity contribution in [3.05, 3.63) is 44.9 Å². The fourth-order valence-corrected chi connectivity index (χ4v) is 4.78. The lowest BCUT2D eigenvalue weighted by molar-refractivity contribution is 0.0960. The summed E-state index contributed by atoms with van der Waals surface area (Å²) in [5.74, 6) is -1.80. The highest BCUT2D eigenvalue weighted by atomic mass is 35.5. The van der Waals surface area contributed by atoms with Gasteiger partial charge >= 0.3 is 0 Å². The van der Waals surface area contributed by atoms with Crippen molar-refractivity contribution in [2.45, 2.75) is 19.4 Å². The van der Waals surface area contributed by atoms with Gasteiger partial charge in [0.25, 0.3) is 0 Å². The molecule has 2 aliphatic heterocycles. The smallest absolute Gasteiger partial charge is 0.177 e. The molecule has 1 fully saturated rings. The zero-order valence-corrected chi connectivity index (χ0v) is 19.5. The number of hydrogen-bond acceptors (Lipinski definition) is 6. The molecule has 0 saturated carbocycles. The van der Waals surface area contributed by atoms with Crippen molar-refractivity contribution in [2.75, 3.05) is 45.7 Å². The monoisotopic (exact) mass is 478 g/mol. The fraction of sp³-hybridized carbons (Fsp3) is 0.450. The maximum Gasteiger partial charge on any atom is 0.177 e. The van der Waals surface area contributed by atoms with Crippen LogP contribution in [0.4, 0.5) is 13.8 Å².